The quantitative estimate of drug-likeness (QED) is 0.705. The number of rotatable bonds is 3. The van der Waals surface area contributed by atoms with Gasteiger partial charge in [0.1, 0.15) is 6.07 Å². The lowest BCUT2D eigenvalue weighted by atomic mass is 9.83. The fourth-order valence-corrected chi connectivity index (χ4v) is 4.21. The molecule has 3 heterocycles. The molecule has 0 aliphatic carbocycles. The van der Waals surface area contributed by atoms with Crippen LogP contribution < -0.4 is 0 Å². The molecule has 3 aromatic rings. The zero-order valence-electron chi connectivity index (χ0n) is 15.9. The summed E-state index contributed by atoms with van der Waals surface area (Å²) in [4.78, 5) is 23.4. The third-order valence-corrected chi connectivity index (χ3v) is 5.45. The van der Waals surface area contributed by atoms with Crippen molar-refractivity contribution in [1.29, 1.82) is 5.26 Å². The van der Waals surface area contributed by atoms with Gasteiger partial charge in [0.05, 0.1) is 17.5 Å². The Hall–Kier alpha value is -3.26. The maximum atomic E-state index is 12.9. The van der Waals surface area contributed by atoms with Gasteiger partial charge in [-0.1, -0.05) is 25.1 Å². The van der Waals surface area contributed by atoms with Crippen molar-refractivity contribution in [3.63, 3.8) is 0 Å². The lowest BCUT2D eigenvalue weighted by molar-refractivity contribution is -0.132. The lowest BCUT2D eigenvalue weighted by Crippen LogP contribution is -2.43. The van der Waals surface area contributed by atoms with Gasteiger partial charge in [-0.2, -0.15) is 5.26 Å². The standard InChI is InChI=1S/C23H22N4O/c1-16-10-19(15-27(14-16)22(28)11-17-4-2-8-25-13-17)20-7-6-18(12-24)23-21(20)5-3-9-26-23/h2-9,13,16,19H,10-11,14-15H2,1H3/t16?,19-/m1/s1. The van der Waals surface area contributed by atoms with Gasteiger partial charge in [-0.25, -0.2) is 0 Å². The Balaban J connectivity index is 1.62. The average Bonchev–Trinajstić information content (AvgIpc) is 2.73. The molecule has 1 unspecified atom stereocenters. The van der Waals surface area contributed by atoms with Gasteiger partial charge in [-0.15, -0.1) is 0 Å². The van der Waals surface area contributed by atoms with Crippen LogP contribution in [-0.2, 0) is 11.2 Å². The molecule has 5 heteroatoms. The number of hydrogen-bond acceptors (Lipinski definition) is 4. The van der Waals surface area contributed by atoms with E-state index in [0.717, 1.165) is 29.4 Å². The Bertz CT molecular complexity index is 1040. The number of benzene rings is 1. The summed E-state index contributed by atoms with van der Waals surface area (Å²) in [7, 11) is 0. The summed E-state index contributed by atoms with van der Waals surface area (Å²) in [6, 6.07) is 13.9. The molecule has 2 aromatic heterocycles. The van der Waals surface area contributed by atoms with Gasteiger partial charge < -0.3 is 4.90 Å². The van der Waals surface area contributed by atoms with E-state index in [1.807, 2.05) is 41.3 Å². The molecular formula is C23H22N4O. The summed E-state index contributed by atoms with van der Waals surface area (Å²) < 4.78 is 0. The Kier molecular flexibility index (Phi) is 5.03. The molecule has 28 heavy (non-hydrogen) atoms. The van der Waals surface area contributed by atoms with Crippen LogP contribution in [0.3, 0.4) is 0 Å². The first-order chi connectivity index (χ1) is 13.7. The third kappa shape index (κ3) is 3.59. The van der Waals surface area contributed by atoms with Crippen LogP contribution in [0, 0.1) is 17.2 Å². The van der Waals surface area contributed by atoms with Crippen LogP contribution in [0.1, 0.15) is 36.0 Å². The number of nitrogens with zero attached hydrogens (tertiary/aromatic N) is 4. The van der Waals surface area contributed by atoms with Crippen molar-refractivity contribution in [2.24, 2.45) is 5.92 Å². The van der Waals surface area contributed by atoms with E-state index in [1.165, 1.54) is 5.56 Å². The highest BCUT2D eigenvalue weighted by Crippen LogP contribution is 2.35. The van der Waals surface area contributed by atoms with Crippen molar-refractivity contribution >= 4 is 16.8 Å². The summed E-state index contributed by atoms with van der Waals surface area (Å²) in [5.41, 5.74) is 3.45. The molecule has 4 rings (SSSR count). The molecule has 1 aliphatic heterocycles. The number of carbonyl (C=O) groups is 1. The van der Waals surface area contributed by atoms with E-state index in [4.69, 9.17) is 0 Å². The van der Waals surface area contributed by atoms with Crippen LogP contribution in [0.2, 0.25) is 0 Å². The van der Waals surface area contributed by atoms with E-state index in [9.17, 15) is 10.1 Å². The molecule has 140 valence electrons. The molecule has 0 saturated carbocycles. The van der Waals surface area contributed by atoms with Crippen LogP contribution in [-0.4, -0.2) is 33.9 Å². The molecule has 0 radical (unpaired) electrons. The highest BCUT2D eigenvalue weighted by molar-refractivity contribution is 5.87. The number of aromatic nitrogens is 2. The fourth-order valence-electron chi connectivity index (χ4n) is 4.21. The number of likely N-dealkylation sites (tertiary alicyclic amines) is 1. The molecule has 0 spiro atoms. The highest BCUT2D eigenvalue weighted by Gasteiger charge is 2.30. The van der Waals surface area contributed by atoms with E-state index in [0.29, 0.717) is 24.4 Å². The predicted molar refractivity (Wildman–Crippen MR) is 108 cm³/mol. The first-order valence-corrected chi connectivity index (χ1v) is 9.60. The molecular weight excluding hydrogens is 348 g/mol. The average molecular weight is 370 g/mol. The predicted octanol–water partition coefficient (Wildman–Crippen LogP) is 3.70. The van der Waals surface area contributed by atoms with Gasteiger partial charge in [0.2, 0.25) is 5.91 Å². The molecule has 0 N–H and O–H groups in total. The smallest absolute Gasteiger partial charge is 0.227 e. The largest absolute Gasteiger partial charge is 0.342 e. The van der Waals surface area contributed by atoms with Crippen molar-refractivity contribution < 1.29 is 4.79 Å². The van der Waals surface area contributed by atoms with E-state index in [2.05, 4.69) is 23.0 Å². The Morgan fingerprint density at radius 2 is 2.07 bits per heavy atom. The van der Waals surface area contributed by atoms with Crippen LogP contribution >= 0.6 is 0 Å². The first-order valence-electron chi connectivity index (χ1n) is 9.60. The van der Waals surface area contributed by atoms with Gasteiger partial charge in [0.25, 0.3) is 0 Å². The molecule has 1 amide bonds. The Morgan fingerprint density at radius 3 is 2.86 bits per heavy atom. The number of pyridine rings is 2. The molecule has 2 atom stereocenters. The minimum Gasteiger partial charge on any atom is -0.342 e. The minimum atomic E-state index is 0.139. The van der Waals surface area contributed by atoms with Gasteiger partial charge in [0.15, 0.2) is 0 Å². The number of piperidine rings is 1. The SMILES string of the molecule is CC1C[C@@H](c2ccc(C#N)c3ncccc23)CN(C(=O)Cc2cccnc2)C1. The third-order valence-electron chi connectivity index (χ3n) is 5.45. The Labute approximate surface area is 164 Å². The summed E-state index contributed by atoms with van der Waals surface area (Å²) in [5.74, 6) is 0.792. The van der Waals surface area contributed by atoms with E-state index in [1.54, 1.807) is 18.6 Å². The minimum absolute atomic E-state index is 0.139. The normalized spacial score (nSPS) is 19.4. The zero-order valence-corrected chi connectivity index (χ0v) is 15.9. The molecule has 1 fully saturated rings. The Morgan fingerprint density at radius 1 is 1.21 bits per heavy atom. The van der Waals surface area contributed by atoms with Crippen molar-refractivity contribution in [1.82, 2.24) is 14.9 Å². The summed E-state index contributed by atoms with van der Waals surface area (Å²) >= 11 is 0. The van der Waals surface area contributed by atoms with E-state index in [-0.39, 0.29) is 11.8 Å². The zero-order chi connectivity index (χ0) is 19.5. The summed E-state index contributed by atoms with van der Waals surface area (Å²) in [5, 5.41) is 10.4. The van der Waals surface area contributed by atoms with Crippen LogP contribution in [0.4, 0.5) is 0 Å². The maximum Gasteiger partial charge on any atom is 0.227 e. The highest BCUT2D eigenvalue weighted by atomic mass is 16.2. The monoisotopic (exact) mass is 370 g/mol. The lowest BCUT2D eigenvalue weighted by Gasteiger charge is -2.37. The maximum absolute atomic E-state index is 12.9. The van der Waals surface area contributed by atoms with Crippen molar-refractivity contribution in [2.45, 2.75) is 25.7 Å². The number of nitriles is 1. The van der Waals surface area contributed by atoms with Crippen LogP contribution in [0.25, 0.3) is 10.9 Å². The molecule has 1 aromatic carbocycles. The van der Waals surface area contributed by atoms with Crippen LogP contribution in [0.5, 0.6) is 0 Å². The van der Waals surface area contributed by atoms with E-state index < -0.39 is 0 Å². The second-order valence-corrected chi connectivity index (χ2v) is 7.59. The summed E-state index contributed by atoms with van der Waals surface area (Å²) in [6.07, 6.45) is 6.59. The first kappa shape index (κ1) is 18.1. The van der Waals surface area contributed by atoms with E-state index >= 15 is 0 Å². The molecule has 1 saturated heterocycles. The van der Waals surface area contributed by atoms with Gasteiger partial charge >= 0.3 is 0 Å². The fraction of sp³-hybridized carbons (Fsp3) is 0.304. The summed E-state index contributed by atoms with van der Waals surface area (Å²) in [6.45, 7) is 3.67. The molecule has 1 aliphatic rings. The molecule has 0 bridgehead atoms. The van der Waals surface area contributed by atoms with Crippen molar-refractivity contribution in [3.05, 3.63) is 71.7 Å². The molecule has 5 nitrogen and oxygen atoms in total. The second kappa shape index (κ2) is 7.77. The van der Waals surface area contributed by atoms with Gasteiger partial charge in [-0.05, 0) is 41.7 Å². The second-order valence-electron chi connectivity index (χ2n) is 7.59. The van der Waals surface area contributed by atoms with Crippen molar-refractivity contribution in [2.75, 3.05) is 13.1 Å². The number of fused-ring (bicyclic) bond motifs is 1. The van der Waals surface area contributed by atoms with Gasteiger partial charge in [0, 0.05) is 43.0 Å². The number of carbonyl (C=O) groups excluding carboxylic acids is 1. The number of amides is 1. The van der Waals surface area contributed by atoms with Gasteiger partial charge in [-0.3, -0.25) is 14.8 Å². The number of hydrogen-bond donors (Lipinski definition) is 0. The topological polar surface area (TPSA) is 69.9 Å². The van der Waals surface area contributed by atoms with Crippen molar-refractivity contribution in [3.8, 4) is 6.07 Å². The van der Waals surface area contributed by atoms with Crippen LogP contribution in [0.15, 0.2) is 55.0 Å².